The van der Waals surface area contributed by atoms with E-state index in [2.05, 4.69) is 26.8 Å². The summed E-state index contributed by atoms with van der Waals surface area (Å²) in [6, 6.07) is 13.9. The summed E-state index contributed by atoms with van der Waals surface area (Å²) in [5.41, 5.74) is 2.48. The molecule has 4 rings (SSSR count). The summed E-state index contributed by atoms with van der Waals surface area (Å²) in [6.45, 7) is 6.07. The first-order valence-electron chi connectivity index (χ1n) is 10.3. The molecule has 0 aliphatic carbocycles. The number of Topliss-reactive ketones (excluding diaryl/α,β-unsaturated/α-hetero) is 1. The Kier molecular flexibility index (Phi) is 6.11. The number of ketones is 1. The minimum atomic E-state index is -0.574. The van der Waals surface area contributed by atoms with Gasteiger partial charge in [-0.15, -0.1) is 11.3 Å². The highest BCUT2D eigenvalue weighted by Gasteiger charge is 2.28. The second-order valence-electron chi connectivity index (χ2n) is 7.61. The van der Waals surface area contributed by atoms with Crippen LogP contribution in [0.1, 0.15) is 45.5 Å². The maximum absolute atomic E-state index is 13.0. The average molecular weight is 423 g/mol. The molecule has 0 radical (unpaired) electrons. The third kappa shape index (κ3) is 4.08. The van der Waals surface area contributed by atoms with Crippen molar-refractivity contribution in [1.29, 1.82) is 0 Å². The van der Waals surface area contributed by atoms with E-state index in [-0.39, 0.29) is 6.04 Å². The van der Waals surface area contributed by atoms with Gasteiger partial charge in [0.15, 0.2) is 0 Å². The van der Waals surface area contributed by atoms with Crippen LogP contribution in [0, 0.1) is 13.8 Å². The minimum Gasteiger partial charge on any atom is -0.347 e. The summed E-state index contributed by atoms with van der Waals surface area (Å²) in [4.78, 5) is 29.4. The van der Waals surface area contributed by atoms with E-state index in [0.29, 0.717) is 23.5 Å². The summed E-state index contributed by atoms with van der Waals surface area (Å²) in [5, 5.41) is 9.43. The fraction of sp³-hybridized carbons (Fsp3) is 0.348. The van der Waals surface area contributed by atoms with Crippen LogP contribution in [0.4, 0.5) is 0 Å². The van der Waals surface area contributed by atoms with Crippen molar-refractivity contribution in [3.63, 3.8) is 0 Å². The highest BCUT2D eigenvalue weighted by Crippen LogP contribution is 2.28. The number of carbonyl (C=O) groups excluding carboxylic acids is 2. The van der Waals surface area contributed by atoms with Crippen LogP contribution in [-0.2, 0) is 4.79 Å². The molecule has 30 heavy (non-hydrogen) atoms. The van der Waals surface area contributed by atoms with Crippen molar-refractivity contribution in [2.75, 3.05) is 19.6 Å². The van der Waals surface area contributed by atoms with Gasteiger partial charge in [-0.2, -0.15) is 5.10 Å². The molecule has 0 spiro atoms. The van der Waals surface area contributed by atoms with Gasteiger partial charge in [-0.1, -0.05) is 24.3 Å². The van der Waals surface area contributed by atoms with Crippen molar-refractivity contribution in [2.24, 2.45) is 0 Å². The molecule has 1 aliphatic heterocycles. The Hall–Kier alpha value is -2.77. The van der Waals surface area contributed by atoms with Gasteiger partial charge in [-0.05, 0) is 63.4 Å². The molecule has 1 saturated heterocycles. The number of para-hydroxylation sites is 1. The lowest BCUT2D eigenvalue weighted by Gasteiger charge is -2.26. The van der Waals surface area contributed by atoms with Crippen LogP contribution >= 0.6 is 11.3 Å². The molecule has 2 aromatic heterocycles. The molecule has 156 valence electrons. The standard InChI is InChI=1S/C23H26N4O2S/c1-16-21(17(2)27(25-16)18-9-4-3-5-10-18)22(28)23(29)24-15-19(20-11-8-14-30-20)26-12-6-7-13-26/h3-5,8-11,14,19H,6-7,12-13,15H2,1-2H3,(H,24,29)/t19-/m0/s1. The molecule has 7 heteroatoms. The van der Waals surface area contributed by atoms with Gasteiger partial charge in [-0.25, -0.2) is 4.68 Å². The topological polar surface area (TPSA) is 67.2 Å². The molecule has 1 atom stereocenters. The van der Waals surface area contributed by atoms with Crippen LogP contribution in [0.3, 0.4) is 0 Å². The Bertz CT molecular complexity index is 1020. The predicted octanol–water partition coefficient (Wildman–Crippen LogP) is 3.69. The molecule has 3 heterocycles. The van der Waals surface area contributed by atoms with E-state index in [1.807, 2.05) is 43.3 Å². The van der Waals surface area contributed by atoms with Crippen molar-refractivity contribution in [1.82, 2.24) is 20.0 Å². The quantitative estimate of drug-likeness (QED) is 0.466. The summed E-state index contributed by atoms with van der Waals surface area (Å²) in [7, 11) is 0. The molecular formula is C23H26N4O2S. The second-order valence-corrected chi connectivity index (χ2v) is 8.59. The summed E-state index contributed by atoms with van der Waals surface area (Å²) in [5.74, 6) is -1.10. The number of benzene rings is 1. The van der Waals surface area contributed by atoms with Gasteiger partial charge in [0.2, 0.25) is 0 Å². The number of nitrogens with zero attached hydrogens (tertiary/aromatic N) is 3. The van der Waals surface area contributed by atoms with Crippen molar-refractivity contribution in [2.45, 2.75) is 32.7 Å². The molecule has 0 saturated carbocycles. The number of nitrogens with one attached hydrogen (secondary N) is 1. The lowest BCUT2D eigenvalue weighted by molar-refractivity contribution is -0.117. The van der Waals surface area contributed by atoms with Crippen molar-refractivity contribution in [3.05, 3.63) is 69.7 Å². The Morgan fingerprint density at radius 3 is 2.50 bits per heavy atom. The fourth-order valence-electron chi connectivity index (χ4n) is 4.12. The van der Waals surface area contributed by atoms with E-state index in [9.17, 15) is 9.59 Å². The Morgan fingerprint density at radius 1 is 1.10 bits per heavy atom. The number of rotatable bonds is 7. The van der Waals surface area contributed by atoms with Gasteiger partial charge in [0, 0.05) is 11.4 Å². The third-order valence-electron chi connectivity index (χ3n) is 5.63. The van der Waals surface area contributed by atoms with E-state index in [0.717, 1.165) is 18.8 Å². The minimum absolute atomic E-state index is 0.110. The maximum Gasteiger partial charge on any atom is 0.292 e. The molecule has 1 amide bonds. The van der Waals surface area contributed by atoms with Gasteiger partial charge in [0.25, 0.3) is 11.7 Å². The zero-order valence-corrected chi connectivity index (χ0v) is 18.1. The lowest BCUT2D eigenvalue weighted by atomic mass is 10.1. The largest absolute Gasteiger partial charge is 0.347 e. The van der Waals surface area contributed by atoms with E-state index in [1.165, 1.54) is 17.7 Å². The van der Waals surface area contributed by atoms with Crippen molar-refractivity contribution >= 4 is 23.0 Å². The number of thiophene rings is 1. The van der Waals surface area contributed by atoms with Crippen LogP contribution < -0.4 is 5.32 Å². The third-order valence-corrected chi connectivity index (χ3v) is 6.61. The zero-order valence-electron chi connectivity index (χ0n) is 17.3. The van der Waals surface area contributed by atoms with E-state index >= 15 is 0 Å². The summed E-state index contributed by atoms with van der Waals surface area (Å²) < 4.78 is 1.72. The van der Waals surface area contributed by atoms with Crippen LogP contribution in [0.25, 0.3) is 5.69 Å². The first-order valence-corrected chi connectivity index (χ1v) is 11.2. The number of likely N-dealkylation sites (tertiary alicyclic amines) is 1. The van der Waals surface area contributed by atoms with Crippen LogP contribution in [0.5, 0.6) is 0 Å². The lowest BCUT2D eigenvalue weighted by Crippen LogP contribution is -2.39. The van der Waals surface area contributed by atoms with Crippen LogP contribution in [0.2, 0.25) is 0 Å². The Morgan fingerprint density at radius 2 is 1.83 bits per heavy atom. The highest BCUT2D eigenvalue weighted by molar-refractivity contribution is 7.10. The van der Waals surface area contributed by atoms with E-state index in [4.69, 9.17) is 0 Å². The molecule has 0 unspecified atom stereocenters. The molecule has 1 aliphatic rings. The van der Waals surface area contributed by atoms with E-state index < -0.39 is 11.7 Å². The fourth-order valence-corrected chi connectivity index (χ4v) is 4.98. The monoisotopic (exact) mass is 422 g/mol. The number of aryl methyl sites for hydroxylation is 1. The zero-order chi connectivity index (χ0) is 21.1. The average Bonchev–Trinajstić information content (AvgIpc) is 3.51. The molecule has 3 aromatic rings. The molecule has 1 N–H and O–H groups in total. The highest BCUT2D eigenvalue weighted by atomic mass is 32.1. The molecule has 6 nitrogen and oxygen atoms in total. The first kappa shape index (κ1) is 20.5. The Balaban J connectivity index is 1.50. The van der Waals surface area contributed by atoms with Gasteiger partial charge in [0.05, 0.1) is 28.7 Å². The number of hydrogen-bond acceptors (Lipinski definition) is 5. The maximum atomic E-state index is 13.0. The smallest absolute Gasteiger partial charge is 0.292 e. The van der Waals surface area contributed by atoms with Gasteiger partial charge < -0.3 is 5.32 Å². The van der Waals surface area contributed by atoms with Crippen LogP contribution in [-0.4, -0.2) is 46.0 Å². The van der Waals surface area contributed by atoms with Gasteiger partial charge >= 0.3 is 0 Å². The number of amides is 1. The number of carbonyl (C=O) groups is 2. The van der Waals surface area contributed by atoms with E-state index in [1.54, 1.807) is 22.9 Å². The molecule has 0 bridgehead atoms. The number of hydrogen-bond donors (Lipinski definition) is 1. The van der Waals surface area contributed by atoms with Gasteiger partial charge in [-0.3, -0.25) is 14.5 Å². The van der Waals surface area contributed by atoms with Crippen molar-refractivity contribution in [3.8, 4) is 5.69 Å². The predicted molar refractivity (Wildman–Crippen MR) is 118 cm³/mol. The summed E-state index contributed by atoms with van der Waals surface area (Å²) >= 11 is 1.69. The summed E-state index contributed by atoms with van der Waals surface area (Å²) in [6.07, 6.45) is 2.34. The first-order chi connectivity index (χ1) is 14.6. The molecule has 1 fully saturated rings. The number of aromatic nitrogens is 2. The van der Waals surface area contributed by atoms with Crippen molar-refractivity contribution < 1.29 is 9.59 Å². The molecule has 1 aromatic carbocycles. The van der Waals surface area contributed by atoms with Gasteiger partial charge in [0.1, 0.15) is 0 Å². The van der Waals surface area contributed by atoms with Crippen LogP contribution in [0.15, 0.2) is 47.8 Å². The Labute approximate surface area is 180 Å². The normalized spacial score (nSPS) is 15.3. The SMILES string of the molecule is Cc1nn(-c2ccccc2)c(C)c1C(=O)C(=O)NC[C@@H](c1cccs1)N1CCCC1. The second kappa shape index (κ2) is 8.93. The molecular weight excluding hydrogens is 396 g/mol.